The van der Waals surface area contributed by atoms with Gasteiger partial charge in [0, 0.05) is 31.9 Å². The Morgan fingerprint density at radius 1 is 1.17 bits per heavy atom. The summed E-state index contributed by atoms with van der Waals surface area (Å²) in [6.07, 6.45) is 2.87. The third kappa shape index (κ3) is 3.63. The number of rotatable bonds is 5. The third-order valence-corrected chi connectivity index (χ3v) is 3.46. The average Bonchev–Trinajstić information content (AvgIpc) is 2.59. The van der Waals surface area contributed by atoms with E-state index in [1.54, 1.807) is 30.6 Å². The molecule has 2 heterocycles. The summed E-state index contributed by atoms with van der Waals surface area (Å²) in [5, 5.41) is 5.72. The van der Waals surface area contributed by atoms with E-state index in [2.05, 4.69) is 20.6 Å². The molecule has 7 heteroatoms. The predicted molar refractivity (Wildman–Crippen MR) is 82.9 cm³/mol. The van der Waals surface area contributed by atoms with Crippen molar-refractivity contribution in [3.05, 3.63) is 53.9 Å². The predicted octanol–water partition coefficient (Wildman–Crippen LogP) is 0.786. The van der Waals surface area contributed by atoms with Gasteiger partial charge in [0.25, 0.3) is 5.91 Å². The van der Waals surface area contributed by atoms with Gasteiger partial charge in [-0.3, -0.25) is 4.79 Å². The first-order valence-corrected chi connectivity index (χ1v) is 7.31. The van der Waals surface area contributed by atoms with Crippen LogP contribution in [0, 0.1) is 0 Å². The standard InChI is InChI=1S/C16H16N4O3/c21-14(17-8-9-20-16-18-6-3-7-19-16)13-10-11-4-1-2-5-12(11)15(22)23-13/h1-7,13H,8-10H2,(H,17,21)(H,18,19,20). The van der Waals surface area contributed by atoms with Gasteiger partial charge in [0.15, 0.2) is 6.10 Å². The molecule has 7 nitrogen and oxygen atoms in total. The Balaban J connectivity index is 1.49. The molecule has 2 aromatic rings. The minimum atomic E-state index is -0.787. The highest BCUT2D eigenvalue weighted by molar-refractivity contribution is 5.95. The lowest BCUT2D eigenvalue weighted by Gasteiger charge is -2.23. The number of aromatic nitrogens is 2. The van der Waals surface area contributed by atoms with Gasteiger partial charge in [-0.15, -0.1) is 0 Å². The van der Waals surface area contributed by atoms with E-state index in [0.717, 1.165) is 5.56 Å². The fourth-order valence-corrected chi connectivity index (χ4v) is 2.34. The highest BCUT2D eigenvalue weighted by atomic mass is 16.5. The molecule has 0 spiro atoms. The van der Waals surface area contributed by atoms with Crippen LogP contribution in [0.1, 0.15) is 15.9 Å². The number of nitrogens with zero attached hydrogens (tertiary/aromatic N) is 2. The number of benzene rings is 1. The van der Waals surface area contributed by atoms with Crippen molar-refractivity contribution in [1.82, 2.24) is 15.3 Å². The number of ether oxygens (including phenoxy) is 1. The topological polar surface area (TPSA) is 93.2 Å². The molecule has 0 saturated carbocycles. The number of cyclic esters (lactones) is 1. The number of fused-ring (bicyclic) bond motifs is 1. The van der Waals surface area contributed by atoms with Gasteiger partial charge >= 0.3 is 5.97 Å². The molecule has 23 heavy (non-hydrogen) atoms. The zero-order valence-electron chi connectivity index (χ0n) is 12.4. The second-order valence-electron chi connectivity index (χ2n) is 5.05. The fraction of sp³-hybridized carbons (Fsp3) is 0.250. The lowest BCUT2D eigenvalue weighted by Crippen LogP contribution is -2.43. The summed E-state index contributed by atoms with van der Waals surface area (Å²) in [5.41, 5.74) is 1.36. The summed E-state index contributed by atoms with van der Waals surface area (Å²) in [7, 11) is 0. The largest absolute Gasteiger partial charge is 0.448 e. The van der Waals surface area contributed by atoms with Crippen LogP contribution in [0.3, 0.4) is 0 Å². The van der Waals surface area contributed by atoms with E-state index < -0.39 is 12.1 Å². The van der Waals surface area contributed by atoms with Crippen LogP contribution >= 0.6 is 0 Å². The monoisotopic (exact) mass is 312 g/mol. The molecular formula is C16H16N4O3. The lowest BCUT2D eigenvalue weighted by atomic mass is 9.98. The molecular weight excluding hydrogens is 296 g/mol. The Hall–Kier alpha value is -2.96. The molecule has 118 valence electrons. The molecule has 1 aliphatic heterocycles. The lowest BCUT2D eigenvalue weighted by molar-refractivity contribution is -0.130. The minimum Gasteiger partial charge on any atom is -0.448 e. The van der Waals surface area contributed by atoms with E-state index in [1.165, 1.54) is 0 Å². The minimum absolute atomic E-state index is 0.302. The SMILES string of the molecule is O=C1OC(C(=O)NCCNc2ncccn2)Cc2ccccc21. The molecule has 1 aromatic heterocycles. The van der Waals surface area contributed by atoms with Gasteiger partial charge in [-0.2, -0.15) is 0 Å². The second kappa shape index (κ2) is 6.87. The summed E-state index contributed by atoms with van der Waals surface area (Å²) >= 11 is 0. The van der Waals surface area contributed by atoms with Crippen molar-refractivity contribution in [2.45, 2.75) is 12.5 Å². The van der Waals surface area contributed by atoms with Crippen molar-refractivity contribution >= 4 is 17.8 Å². The highest BCUT2D eigenvalue weighted by Gasteiger charge is 2.30. The zero-order valence-corrected chi connectivity index (χ0v) is 12.4. The average molecular weight is 312 g/mol. The van der Waals surface area contributed by atoms with E-state index in [9.17, 15) is 9.59 Å². The molecule has 0 aliphatic carbocycles. The van der Waals surface area contributed by atoms with Crippen LogP contribution in [0.25, 0.3) is 0 Å². The van der Waals surface area contributed by atoms with Crippen LogP contribution in [-0.2, 0) is 16.0 Å². The van der Waals surface area contributed by atoms with Crippen molar-refractivity contribution in [2.75, 3.05) is 18.4 Å². The maximum atomic E-state index is 12.1. The van der Waals surface area contributed by atoms with E-state index in [0.29, 0.717) is 31.0 Å². The third-order valence-electron chi connectivity index (χ3n) is 3.46. The van der Waals surface area contributed by atoms with Gasteiger partial charge in [0.05, 0.1) is 5.56 Å². The van der Waals surface area contributed by atoms with Crippen LogP contribution in [0.15, 0.2) is 42.7 Å². The van der Waals surface area contributed by atoms with Crippen LogP contribution in [0.5, 0.6) is 0 Å². The van der Waals surface area contributed by atoms with E-state index in [4.69, 9.17) is 4.74 Å². The molecule has 0 saturated heterocycles. The molecule has 3 rings (SSSR count). The van der Waals surface area contributed by atoms with E-state index >= 15 is 0 Å². The molecule has 0 radical (unpaired) electrons. The van der Waals surface area contributed by atoms with Gasteiger partial charge < -0.3 is 15.4 Å². The number of carbonyl (C=O) groups is 2. The van der Waals surface area contributed by atoms with Crippen molar-refractivity contribution in [3.8, 4) is 0 Å². The second-order valence-corrected chi connectivity index (χ2v) is 5.05. The first kappa shape index (κ1) is 15.0. The molecule has 1 atom stereocenters. The number of nitrogens with one attached hydrogen (secondary N) is 2. The molecule has 1 aliphatic rings. The van der Waals surface area contributed by atoms with Gasteiger partial charge in [0.1, 0.15) is 0 Å². The summed E-state index contributed by atoms with van der Waals surface area (Å²) in [4.78, 5) is 32.0. The van der Waals surface area contributed by atoms with Crippen LogP contribution in [-0.4, -0.2) is 41.0 Å². The van der Waals surface area contributed by atoms with Gasteiger partial charge in [0.2, 0.25) is 5.95 Å². The number of carbonyl (C=O) groups excluding carboxylic acids is 2. The highest BCUT2D eigenvalue weighted by Crippen LogP contribution is 2.20. The fourth-order valence-electron chi connectivity index (χ4n) is 2.34. The normalized spacial score (nSPS) is 16.2. The first-order valence-electron chi connectivity index (χ1n) is 7.31. The Morgan fingerprint density at radius 3 is 2.78 bits per heavy atom. The number of hydrogen-bond acceptors (Lipinski definition) is 6. The summed E-state index contributed by atoms with van der Waals surface area (Å²) < 4.78 is 5.19. The van der Waals surface area contributed by atoms with Gasteiger partial charge in [-0.1, -0.05) is 18.2 Å². The van der Waals surface area contributed by atoms with E-state index in [-0.39, 0.29) is 5.91 Å². The van der Waals surface area contributed by atoms with Crippen molar-refractivity contribution < 1.29 is 14.3 Å². The first-order chi connectivity index (χ1) is 11.2. The number of esters is 1. The zero-order chi connectivity index (χ0) is 16.1. The number of amides is 1. The van der Waals surface area contributed by atoms with Crippen molar-refractivity contribution in [2.24, 2.45) is 0 Å². The maximum Gasteiger partial charge on any atom is 0.339 e. The summed E-state index contributed by atoms with van der Waals surface area (Å²) in [6.45, 7) is 0.861. The quantitative estimate of drug-likeness (QED) is 0.626. The maximum absolute atomic E-state index is 12.1. The van der Waals surface area contributed by atoms with Crippen LogP contribution in [0.4, 0.5) is 5.95 Å². The molecule has 0 fully saturated rings. The molecule has 2 N–H and O–H groups in total. The smallest absolute Gasteiger partial charge is 0.339 e. The van der Waals surface area contributed by atoms with Gasteiger partial charge in [-0.05, 0) is 17.7 Å². The van der Waals surface area contributed by atoms with E-state index in [1.807, 2.05) is 12.1 Å². The van der Waals surface area contributed by atoms with Crippen molar-refractivity contribution in [3.63, 3.8) is 0 Å². The molecule has 1 amide bonds. The Bertz CT molecular complexity index is 705. The number of hydrogen-bond donors (Lipinski definition) is 2. The molecule has 1 aromatic carbocycles. The molecule has 1 unspecified atom stereocenters. The summed E-state index contributed by atoms with van der Waals surface area (Å²) in [6, 6.07) is 8.89. The van der Waals surface area contributed by atoms with Gasteiger partial charge in [-0.25, -0.2) is 14.8 Å². The Labute approximate surface area is 133 Å². The van der Waals surface area contributed by atoms with Crippen molar-refractivity contribution in [1.29, 1.82) is 0 Å². The van der Waals surface area contributed by atoms with Crippen LogP contribution in [0.2, 0.25) is 0 Å². The summed E-state index contributed by atoms with van der Waals surface area (Å²) in [5.74, 6) is -0.258. The Kier molecular flexibility index (Phi) is 4.46. The van der Waals surface area contributed by atoms with Crippen LogP contribution < -0.4 is 10.6 Å². The number of anilines is 1. The Morgan fingerprint density at radius 2 is 1.96 bits per heavy atom. The molecule has 0 bridgehead atoms.